The first-order valence-electron chi connectivity index (χ1n) is 11.6. The maximum absolute atomic E-state index is 10.4. The highest BCUT2D eigenvalue weighted by atomic mass is 16.5. The molecule has 0 rings (SSSR count). The molecule has 0 aromatic heterocycles. The first-order chi connectivity index (χ1) is 13.0. The van der Waals surface area contributed by atoms with Gasteiger partial charge in [0.15, 0.2) is 5.79 Å². The molecule has 0 unspecified atom stereocenters. The molecule has 3 N–H and O–H groups in total. The molecule has 0 amide bonds. The summed E-state index contributed by atoms with van der Waals surface area (Å²) in [5, 5.41) is 28.7. The zero-order chi connectivity index (χ0) is 20.2. The fraction of sp³-hybridized carbons (Fsp3) is 0.957. The van der Waals surface area contributed by atoms with Crippen LogP contribution >= 0.6 is 0 Å². The summed E-state index contributed by atoms with van der Waals surface area (Å²) in [4.78, 5) is 10.4. The molecule has 162 valence electrons. The van der Waals surface area contributed by atoms with Gasteiger partial charge in [0.05, 0.1) is 0 Å². The van der Waals surface area contributed by atoms with E-state index in [2.05, 4.69) is 6.92 Å². The van der Waals surface area contributed by atoms with Crippen molar-refractivity contribution in [1.29, 1.82) is 0 Å². The van der Waals surface area contributed by atoms with Crippen molar-refractivity contribution in [2.75, 3.05) is 0 Å². The van der Waals surface area contributed by atoms with Crippen molar-refractivity contribution in [3.63, 3.8) is 0 Å². The van der Waals surface area contributed by atoms with E-state index in [1.807, 2.05) is 0 Å². The zero-order valence-electron chi connectivity index (χ0n) is 17.9. The Balaban J connectivity index is 3.33. The van der Waals surface area contributed by atoms with Gasteiger partial charge in [0, 0.05) is 19.3 Å². The Hall–Kier alpha value is -0.610. The number of unbranched alkanes of at least 4 members (excludes halogenated alkanes) is 15. The Kier molecular flexibility index (Phi) is 18.3. The molecule has 0 heterocycles. The topological polar surface area (TPSA) is 77.8 Å². The average Bonchev–Trinajstić information content (AvgIpc) is 2.61. The van der Waals surface area contributed by atoms with Gasteiger partial charge in [0.25, 0.3) is 0 Å². The minimum Gasteiger partial charge on any atom is -0.481 e. The highest BCUT2D eigenvalue weighted by Crippen LogP contribution is 2.21. The lowest BCUT2D eigenvalue weighted by Gasteiger charge is -2.21. The van der Waals surface area contributed by atoms with Gasteiger partial charge in [-0.05, 0) is 19.3 Å². The van der Waals surface area contributed by atoms with E-state index in [9.17, 15) is 15.0 Å². The van der Waals surface area contributed by atoms with Crippen LogP contribution in [0.2, 0.25) is 0 Å². The van der Waals surface area contributed by atoms with Crippen LogP contribution in [0.3, 0.4) is 0 Å². The molecule has 0 radical (unpaired) electrons. The summed E-state index contributed by atoms with van der Waals surface area (Å²) in [6, 6.07) is 0. The smallest absolute Gasteiger partial charge is 0.303 e. The molecular formula is C23H46O4. The third kappa shape index (κ3) is 21.5. The van der Waals surface area contributed by atoms with E-state index >= 15 is 0 Å². The summed E-state index contributed by atoms with van der Waals surface area (Å²) >= 11 is 0. The van der Waals surface area contributed by atoms with Gasteiger partial charge >= 0.3 is 5.97 Å². The SMILES string of the molecule is CCCCCCCCCCC(O)(O)CCCCCCCCCCCC(=O)O. The maximum Gasteiger partial charge on any atom is 0.303 e. The molecule has 0 aromatic carbocycles. The number of carboxylic acid groups (broad SMARTS) is 1. The second-order valence-electron chi connectivity index (χ2n) is 8.28. The standard InChI is InChI=1S/C23H46O4/c1-2-3-4-5-6-11-14-17-20-23(26,27)21-18-15-12-9-7-8-10-13-16-19-22(24)25/h26-27H,2-21H2,1H3,(H,24,25). The molecule has 0 aliphatic carbocycles. The van der Waals surface area contributed by atoms with Crippen LogP contribution in [0.15, 0.2) is 0 Å². The predicted octanol–water partition coefficient (Wildman–Crippen LogP) is 6.57. The number of hydrogen-bond acceptors (Lipinski definition) is 3. The molecule has 0 aliphatic heterocycles. The predicted molar refractivity (Wildman–Crippen MR) is 113 cm³/mol. The van der Waals surface area contributed by atoms with Gasteiger partial charge < -0.3 is 15.3 Å². The molecule has 0 fully saturated rings. The van der Waals surface area contributed by atoms with Crippen LogP contribution in [-0.2, 0) is 4.79 Å². The first-order valence-corrected chi connectivity index (χ1v) is 11.6. The molecule has 0 aliphatic rings. The van der Waals surface area contributed by atoms with E-state index in [1.54, 1.807) is 0 Å². The lowest BCUT2D eigenvalue weighted by molar-refractivity contribution is -0.172. The number of carbonyl (C=O) groups is 1. The Morgan fingerprint density at radius 3 is 1.30 bits per heavy atom. The molecule has 4 nitrogen and oxygen atoms in total. The summed E-state index contributed by atoms with van der Waals surface area (Å²) in [5.41, 5.74) is 0. The number of carboxylic acids is 1. The Morgan fingerprint density at radius 2 is 0.926 bits per heavy atom. The van der Waals surface area contributed by atoms with Crippen LogP contribution in [0.5, 0.6) is 0 Å². The third-order valence-corrected chi connectivity index (χ3v) is 5.40. The van der Waals surface area contributed by atoms with E-state index in [0.717, 1.165) is 51.4 Å². The Labute approximate surface area is 167 Å². The largest absolute Gasteiger partial charge is 0.481 e. The third-order valence-electron chi connectivity index (χ3n) is 5.40. The highest BCUT2D eigenvalue weighted by molar-refractivity contribution is 5.66. The van der Waals surface area contributed by atoms with E-state index in [0.29, 0.717) is 19.3 Å². The quantitative estimate of drug-likeness (QED) is 0.154. The first kappa shape index (κ1) is 26.4. The Bertz CT molecular complexity index is 328. The minimum atomic E-state index is -1.47. The molecular weight excluding hydrogens is 340 g/mol. The van der Waals surface area contributed by atoms with E-state index in [1.165, 1.54) is 57.8 Å². The molecule has 27 heavy (non-hydrogen) atoms. The van der Waals surface area contributed by atoms with E-state index < -0.39 is 11.8 Å². The van der Waals surface area contributed by atoms with Crippen molar-refractivity contribution < 1.29 is 20.1 Å². The van der Waals surface area contributed by atoms with Crippen molar-refractivity contribution in [2.24, 2.45) is 0 Å². The van der Waals surface area contributed by atoms with Crippen molar-refractivity contribution in [3.8, 4) is 0 Å². The number of rotatable bonds is 21. The van der Waals surface area contributed by atoms with Crippen LogP contribution in [0.4, 0.5) is 0 Å². The fourth-order valence-electron chi connectivity index (χ4n) is 3.59. The van der Waals surface area contributed by atoms with Gasteiger partial charge in [0.2, 0.25) is 0 Å². The van der Waals surface area contributed by atoms with Crippen molar-refractivity contribution >= 4 is 5.97 Å². The summed E-state index contributed by atoms with van der Waals surface area (Å²) in [5.74, 6) is -2.16. The lowest BCUT2D eigenvalue weighted by atomic mass is 9.99. The van der Waals surface area contributed by atoms with E-state index in [-0.39, 0.29) is 0 Å². The molecule has 0 bridgehead atoms. The van der Waals surface area contributed by atoms with Gasteiger partial charge in [-0.25, -0.2) is 0 Å². The van der Waals surface area contributed by atoms with Crippen molar-refractivity contribution in [2.45, 2.75) is 141 Å². The normalized spacial score (nSPS) is 11.8. The van der Waals surface area contributed by atoms with Gasteiger partial charge in [-0.2, -0.15) is 0 Å². The van der Waals surface area contributed by atoms with Crippen LogP contribution in [0, 0.1) is 0 Å². The van der Waals surface area contributed by atoms with Gasteiger partial charge in [-0.1, -0.05) is 96.8 Å². The maximum atomic E-state index is 10.4. The van der Waals surface area contributed by atoms with Crippen molar-refractivity contribution in [1.82, 2.24) is 0 Å². The second-order valence-corrected chi connectivity index (χ2v) is 8.28. The summed E-state index contributed by atoms with van der Waals surface area (Å²) in [7, 11) is 0. The molecule has 0 spiro atoms. The molecule has 0 atom stereocenters. The fourth-order valence-corrected chi connectivity index (χ4v) is 3.59. The zero-order valence-corrected chi connectivity index (χ0v) is 17.9. The van der Waals surface area contributed by atoms with Crippen LogP contribution in [0.1, 0.15) is 135 Å². The number of aliphatic carboxylic acids is 1. The molecule has 0 saturated carbocycles. The van der Waals surface area contributed by atoms with Crippen LogP contribution in [-0.4, -0.2) is 27.1 Å². The average molecular weight is 387 g/mol. The Morgan fingerprint density at radius 1 is 0.593 bits per heavy atom. The lowest BCUT2D eigenvalue weighted by Crippen LogP contribution is -2.27. The van der Waals surface area contributed by atoms with Gasteiger partial charge in [-0.15, -0.1) is 0 Å². The molecule has 4 heteroatoms. The summed E-state index contributed by atoms with van der Waals surface area (Å²) < 4.78 is 0. The minimum absolute atomic E-state index is 0.295. The number of hydrogen-bond donors (Lipinski definition) is 3. The van der Waals surface area contributed by atoms with E-state index in [4.69, 9.17) is 5.11 Å². The van der Waals surface area contributed by atoms with Crippen molar-refractivity contribution in [3.05, 3.63) is 0 Å². The van der Waals surface area contributed by atoms with Crippen LogP contribution < -0.4 is 0 Å². The van der Waals surface area contributed by atoms with Crippen LogP contribution in [0.25, 0.3) is 0 Å². The second kappa shape index (κ2) is 18.7. The number of aliphatic hydroxyl groups is 2. The monoisotopic (exact) mass is 386 g/mol. The molecule has 0 aromatic rings. The van der Waals surface area contributed by atoms with Gasteiger partial charge in [0.1, 0.15) is 0 Å². The highest BCUT2D eigenvalue weighted by Gasteiger charge is 2.21. The molecule has 0 saturated heterocycles. The van der Waals surface area contributed by atoms with Gasteiger partial charge in [-0.3, -0.25) is 4.79 Å². The summed E-state index contributed by atoms with van der Waals surface area (Å²) in [6.45, 7) is 2.23. The summed E-state index contributed by atoms with van der Waals surface area (Å²) in [6.07, 6.45) is 20.8.